The number of aliphatic hydroxyl groups is 2. The zero-order chi connectivity index (χ0) is 26.1. The van der Waals surface area contributed by atoms with Gasteiger partial charge in [0.05, 0.1) is 6.61 Å². The molecule has 1 aromatic carbocycles. The molecule has 18 heteroatoms. The van der Waals surface area contributed by atoms with E-state index in [-0.39, 0.29) is 18.5 Å². The van der Waals surface area contributed by atoms with E-state index < -0.39 is 63.9 Å². The number of halogens is 2. The molecule has 2 aromatic rings. The van der Waals surface area contributed by atoms with Crippen molar-refractivity contribution >= 4 is 38.2 Å². The largest absolute Gasteiger partial charge is 0.481 e. The molecule has 5 atom stereocenters. The molecule has 0 amide bonds. The summed E-state index contributed by atoms with van der Waals surface area (Å²) in [6.45, 7) is -1.16. The number of ether oxygens (including phenoxy) is 1. The highest BCUT2D eigenvalue weighted by Gasteiger charge is 2.46. The minimum absolute atomic E-state index is 0.000433. The predicted octanol–water partition coefficient (Wildman–Crippen LogP) is -0.158. The van der Waals surface area contributed by atoms with Crippen LogP contribution in [0.4, 0.5) is 4.39 Å². The monoisotopic (exact) mass is 652 g/mol. The second-order valence-corrected chi connectivity index (χ2v) is 11.4. The topological polar surface area (TPSA) is 207 Å². The molecular weight excluding hydrogens is 632 g/mol. The normalized spacial score (nSPS) is 24.4. The summed E-state index contributed by atoms with van der Waals surface area (Å²) in [5.41, 5.74) is -1.39. The van der Waals surface area contributed by atoms with Crippen LogP contribution in [-0.4, -0.2) is 58.9 Å². The quantitative estimate of drug-likeness (QED) is 0.177. The number of aryl methyl sites for hydroxylation is 1. The van der Waals surface area contributed by atoms with Gasteiger partial charge in [-0.3, -0.25) is 18.5 Å². The fourth-order valence-electron chi connectivity index (χ4n) is 3.31. The molecule has 0 bridgehead atoms. The van der Waals surface area contributed by atoms with E-state index in [4.69, 9.17) is 14.5 Å². The van der Waals surface area contributed by atoms with Gasteiger partial charge >= 0.3 is 21.3 Å². The minimum Gasteiger partial charge on any atom is -0.387 e. The Kier molecular flexibility index (Phi) is 8.87. The first-order valence-corrected chi connectivity index (χ1v) is 13.8. The maximum atomic E-state index is 14.1. The van der Waals surface area contributed by atoms with Crippen molar-refractivity contribution in [1.82, 2.24) is 9.13 Å². The lowest BCUT2D eigenvalue weighted by molar-refractivity contribution is -0.0548. The average molecular weight is 652 g/mol. The van der Waals surface area contributed by atoms with E-state index in [1.807, 2.05) is 22.6 Å². The number of phosphoric acid groups is 2. The van der Waals surface area contributed by atoms with Gasteiger partial charge in [0.1, 0.15) is 24.1 Å². The number of nitrogens with zero attached hydrogens (tertiary/aromatic N) is 2. The van der Waals surface area contributed by atoms with Gasteiger partial charge in [0.15, 0.2) is 6.23 Å². The summed E-state index contributed by atoms with van der Waals surface area (Å²) < 4.78 is 52.0. The first kappa shape index (κ1) is 28.3. The summed E-state index contributed by atoms with van der Waals surface area (Å²) >= 11 is 1.93. The Morgan fingerprint density at radius 3 is 2.43 bits per heavy atom. The van der Waals surface area contributed by atoms with Crippen molar-refractivity contribution in [2.45, 2.75) is 37.5 Å². The maximum Gasteiger partial charge on any atom is 0.481 e. The van der Waals surface area contributed by atoms with Crippen molar-refractivity contribution in [2.75, 3.05) is 6.61 Å². The highest BCUT2D eigenvalue weighted by molar-refractivity contribution is 14.1. The SMILES string of the molecule is O=c1ccn([C@@H]2O[C@H](COP(=O)(O)OP(=O)(O)O)[C@H](O)[C@@H]2O)c(=O)n1CCc1ccc(I)cc1F. The number of hydrogen-bond donors (Lipinski definition) is 5. The van der Waals surface area contributed by atoms with Gasteiger partial charge in [-0.25, -0.2) is 18.3 Å². The first-order valence-electron chi connectivity index (χ1n) is 9.70. The molecule has 0 aliphatic carbocycles. The molecule has 0 spiro atoms. The Hall–Kier alpha value is -1.30. The van der Waals surface area contributed by atoms with E-state index >= 15 is 0 Å². The van der Waals surface area contributed by atoms with Crippen LogP contribution in [0.1, 0.15) is 11.8 Å². The highest BCUT2D eigenvalue weighted by Crippen LogP contribution is 2.57. The van der Waals surface area contributed by atoms with Crippen molar-refractivity contribution in [3.8, 4) is 0 Å². The van der Waals surface area contributed by atoms with Crippen molar-refractivity contribution in [3.05, 3.63) is 66.3 Å². The van der Waals surface area contributed by atoms with Crippen molar-refractivity contribution in [3.63, 3.8) is 0 Å². The summed E-state index contributed by atoms with van der Waals surface area (Å²) in [4.78, 5) is 51.7. The third-order valence-electron chi connectivity index (χ3n) is 4.94. The van der Waals surface area contributed by atoms with E-state index in [1.54, 1.807) is 6.07 Å². The molecule has 1 aliphatic heterocycles. The Morgan fingerprint density at radius 2 is 1.80 bits per heavy atom. The van der Waals surface area contributed by atoms with Crippen LogP contribution in [0.15, 0.2) is 40.1 Å². The zero-order valence-corrected chi connectivity index (χ0v) is 21.4. The second kappa shape index (κ2) is 11.0. The lowest BCUT2D eigenvalue weighted by Gasteiger charge is -2.19. The third-order valence-corrected chi connectivity index (χ3v) is 7.76. The van der Waals surface area contributed by atoms with Crippen LogP contribution in [0.5, 0.6) is 0 Å². The third kappa shape index (κ3) is 7.14. The van der Waals surface area contributed by atoms with E-state index in [9.17, 15) is 38.2 Å². The fraction of sp³-hybridized carbons (Fsp3) is 0.412. The molecular formula is C17H20FIN2O12P2. The molecule has 35 heavy (non-hydrogen) atoms. The van der Waals surface area contributed by atoms with Gasteiger partial charge in [-0.15, -0.1) is 0 Å². The van der Waals surface area contributed by atoms with Gasteiger partial charge < -0.3 is 29.6 Å². The van der Waals surface area contributed by atoms with E-state index in [2.05, 4.69) is 8.83 Å². The van der Waals surface area contributed by atoms with Crippen LogP contribution < -0.4 is 11.2 Å². The average Bonchev–Trinajstić information content (AvgIpc) is 3.00. The van der Waals surface area contributed by atoms with E-state index in [0.29, 0.717) is 3.57 Å². The van der Waals surface area contributed by atoms with Gasteiger partial charge in [-0.05, 0) is 46.7 Å². The number of rotatable bonds is 9. The zero-order valence-electron chi connectivity index (χ0n) is 17.5. The molecule has 0 radical (unpaired) electrons. The van der Waals surface area contributed by atoms with Gasteiger partial charge in [-0.2, -0.15) is 4.31 Å². The standard InChI is InChI=1S/C17H20FIN2O12P2/c18-11-7-10(19)2-1-9(11)3-5-20-13(22)4-6-21(17(20)25)16-15(24)14(23)12(32-16)8-31-35(29,30)33-34(26,27)28/h1-2,4,6-7,12,14-16,23-24H,3,5,8H2,(H,29,30)(H2,26,27,28)/t12-,14+,15+,16-/m1/s1. The summed E-state index contributed by atoms with van der Waals surface area (Å²) in [5, 5.41) is 20.5. The number of aromatic nitrogens is 2. The molecule has 194 valence electrons. The Morgan fingerprint density at radius 1 is 1.11 bits per heavy atom. The van der Waals surface area contributed by atoms with Crippen LogP contribution in [0.3, 0.4) is 0 Å². The second-order valence-electron chi connectivity index (χ2n) is 7.36. The van der Waals surface area contributed by atoms with Crippen molar-refractivity contribution in [1.29, 1.82) is 0 Å². The molecule has 1 fully saturated rings. The number of hydrogen-bond acceptors (Lipinski definition) is 9. The molecule has 2 heterocycles. The number of phosphoric ester groups is 1. The predicted molar refractivity (Wildman–Crippen MR) is 123 cm³/mol. The Labute approximate surface area is 209 Å². The number of aliphatic hydroxyl groups excluding tert-OH is 2. The maximum absolute atomic E-state index is 14.1. The van der Waals surface area contributed by atoms with Crippen LogP contribution in [0.2, 0.25) is 0 Å². The number of benzene rings is 1. The molecule has 0 saturated carbocycles. The van der Waals surface area contributed by atoms with Crippen molar-refractivity contribution in [2.24, 2.45) is 0 Å². The molecule has 1 aromatic heterocycles. The lowest BCUT2D eigenvalue weighted by Crippen LogP contribution is -2.43. The fourth-order valence-corrected chi connectivity index (χ4v) is 5.36. The van der Waals surface area contributed by atoms with Crippen LogP contribution in [0.25, 0.3) is 0 Å². The highest BCUT2D eigenvalue weighted by atomic mass is 127. The summed E-state index contributed by atoms with van der Waals surface area (Å²) in [5.74, 6) is -0.509. The smallest absolute Gasteiger partial charge is 0.387 e. The molecule has 14 nitrogen and oxygen atoms in total. The Bertz CT molecular complexity index is 1300. The Balaban J connectivity index is 1.77. The molecule has 1 saturated heterocycles. The summed E-state index contributed by atoms with van der Waals surface area (Å²) in [6, 6.07) is 5.47. The van der Waals surface area contributed by atoms with Gasteiger partial charge in [0.2, 0.25) is 0 Å². The first-order chi connectivity index (χ1) is 16.2. The van der Waals surface area contributed by atoms with Crippen molar-refractivity contribution < 1.29 is 52.0 Å². The molecule has 1 aliphatic rings. The van der Waals surface area contributed by atoms with Gasteiger partial charge in [0, 0.05) is 22.4 Å². The van der Waals surface area contributed by atoms with Gasteiger partial charge in [0.25, 0.3) is 5.56 Å². The van der Waals surface area contributed by atoms with Crippen LogP contribution >= 0.6 is 38.2 Å². The van der Waals surface area contributed by atoms with E-state index in [1.165, 1.54) is 12.1 Å². The van der Waals surface area contributed by atoms with Crippen LogP contribution in [0, 0.1) is 9.39 Å². The molecule has 1 unspecified atom stereocenters. The van der Waals surface area contributed by atoms with Gasteiger partial charge in [-0.1, -0.05) is 6.07 Å². The lowest BCUT2D eigenvalue weighted by atomic mass is 10.1. The minimum atomic E-state index is -5.38. The molecule has 3 rings (SSSR count). The van der Waals surface area contributed by atoms with E-state index in [0.717, 1.165) is 21.4 Å². The van der Waals surface area contributed by atoms with Crippen LogP contribution in [-0.2, 0) is 35.7 Å². The summed E-state index contributed by atoms with van der Waals surface area (Å²) in [7, 11) is -10.6. The molecule has 5 N–H and O–H groups in total. The summed E-state index contributed by atoms with van der Waals surface area (Å²) in [6.07, 6.45) is -5.60.